The van der Waals surface area contributed by atoms with E-state index in [1.807, 2.05) is 56.3 Å². The van der Waals surface area contributed by atoms with E-state index < -0.39 is 0 Å². The number of rotatable bonds is 4. The van der Waals surface area contributed by atoms with Crippen molar-refractivity contribution in [2.45, 2.75) is 26.5 Å². The Hall–Kier alpha value is -2.93. The number of anilines is 1. The molecule has 0 spiro atoms. The normalized spacial score (nSPS) is 16.2. The van der Waals surface area contributed by atoms with Gasteiger partial charge < -0.3 is 10.1 Å². The summed E-state index contributed by atoms with van der Waals surface area (Å²) in [6.45, 7) is 4.14. The van der Waals surface area contributed by atoms with Crippen LogP contribution in [0.2, 0.25) is 0 Å². The Morgan fingerprint density at radius 3 is 2.77 bits per heavy atom. The summed E-state index contributed by atoms with van der Waals surface area (Å²) < 4.78 is 7.33. The number of ether oxygens (including phenoxy) is 1. The molecule has 3 heterocycles. The van der Waals surface area contributed by atoms with Crippen LogP contribution >= 0.6 is 11.3 Å². The number of carbonyl (C=O) groups is 1. The molecule has 1 unspecified atom stereocenters. The summed E-state index contributed by atoms with van der Waals surface area (Å²) in [5, 5.41) is 7.47. The number of carbonyl (C=O) groups excluding carboxylic acids is 1. The molecule has 132 valence electrons. The fraction of sp³-hybridized carbons (Fsp3) is 0.211. The number of nitrogens with one attached hydrogen (secondary N) is 1. The zero-order valence-electron chi connectivity index (χ0n) is 14.5. The summed E-state index contributed by atoms with van der Waals surface area (Å²) in [5.74, 6) is 0.272. The third kappa shape index (κ3) is 3.01. The first-order valence-electron chi connectivity index (χ1n) is 8.28. The second kappa shape index (κ2) is 6.76. The lowest BCUT2D eigenvalue weighted by atomic mass is 10.0. The molecule has 0 bridgehead atoms. The number of fused-ring (bicyclic) bond motifs is 1. The SMILES string of the molecule is CC1=C(C(=O)OCc2ccccc2)C(c2ccc(C)s2)n2ncnc2N1. The fourth-order valence-corrected chi connectivity index (χ4v) is 3.99. The molecule has 1 atom stereocenters. The molecule has 0 saturated carbocycles. The molecule has 1 aliphatic rings. The van der Waals surface area contributed by atoms with Crippen LogP contribution in [-0.4, -0.2) is 20.7 Å². The lowest BCUT2D eigenvalue weighted by molar-refractivity contribution is -0.140. The van der Waals surface area contributed by atoms with Crippen molar-refractivity contribution in [2.75, 3.05) is 5.32 Å². The minimum Gasteiger partial charge on any atom is -0.457 e. The molecule has 7 heteroatoms. The molecular weight excluding hydrogens is 348 g/mol. The molecule has 6 nitrogen and oxygen atoms in total. The fourth-order valence-electron chi connectivity index (χ4n) is 3.02. The maximum Gasteiger partial charge on any atom is 0.338 e. The van der Waals surface area contributed by atoms with Crippen molar-refractivity contribution >= 4 is 23.3 Å². The van der Waals surface area contributed by atoms with Crippen LogP contribution in [0.15, 0.2) is 60.1 Å². The van der Waals surface area contributed by atoms with Gasteiger partial charge in [-0.15, -0.1) is 11.3 Å². The highest BCUT2D eigenvalue weighted by Gasteiger charge is 2.35. The maximum absolute atomic E-state index is 12.9. The molecule has 0 saturated heterocycles. The minimum atomic E-state index is -0.351. The summed E-state index contributed by atoms with van der Waals surface area (Å²) in [6.07, 6.45) is 1.49. The minimum absolute atomic E-state index is 0.233. The van der Waals surface area contributed by atoms with Gasteiger partial charge in [0, 0.05) is 15.5 Å². The number of aryl methyl sites for hydroxylation is 1. The summed E-state index contributed by atoms with van der Waals surface area (Å²) in [6, 6.07) is 13.4. The number of aromatic nitrogens is 3. The van der Waals surface area contributed by atoms with Gasteiger partial charge in [-0.1, -0.05) is 30.3 Å². The Kier molecular flexibility index (Phi) is 4.30. The van der Waals surface area contributed by atoms with E-state index in [0.717, 1.165) is 16.1 Å². The first-order valence-corrected chi connectivity index (χ1v) is 9.10. The molecule has 0 fully saturated rings. The van der Waals surface area contributed by atoms with Crippen LogP contribution in [0.5, 0.6) is 0 Å². The van der Waals surface area contributed by atoms with Gasteiger partial charge >= 0.3 is 5.97 Å². The van der Waals surface area contributed by atoms with Crippen LogP contribution in [0.1, 0.15) is 28.3 Å². The Balaban J connectivity index is 1.66. The Morgan fingerprint density at radius 2 is 2.04 bits per heavy atom. The van der Waals surface area contributed by atoms with E-state index in [0.29, 0.717) is 11.5 Å². The summed E-state index contributed by atoms with van der Waals surface area (Å²) in [7, 11) is 0. The molecule has 1 aliphatic heterocycles. The first kappa shape index (κ1) is 16.5. The van der Waals surface area contributed by atoms with Crippen molar-refractivity contribution in [3.05, 3.63) is 75.4 Å². The first-order chi connectivity index (χ1) is 12.6. The van der Waals surface area contributed by atoms with E-state index in [2.05, 4.69) is 15.4 Å². The van der Waals surface area contributed by atoms with E-state index in [4.69, 9.17) is 4.74 Å². The topological polar surface area (TPSA) is 69.0 Å². The number of thiophene rings is 1. The van der Waals surface area contributed by atoms with E-state index in [9.17, 15) is 4.79 Å². The second-order valence-electron chi connectivity index (χ2n) is 6.10. The predicted octanol–water partition coefficient (Wildman–Crippen LogP) is 3.68. The van der Waals surface area contributed by atoms with Gasteiger partial charge in [0.1, 0.15) is 19.0 Å². The number of allylic oxidation sites excluding steroid dienone is 1. The van der Waals surface area contributed by atoms with Crippen LogP contribution in [0, 0.1) is 6.92 Å². The van der Waals surface area contributed by atoms with Crippen LogP contribution in [0.25, 0.3) is 0 Å². The summed E-state index contributed by atoms with van der Waals surface area (Å²) in [4.78, 5) is 19.4. The molecule has 4 rings (SSSR count). The zero-order chi connectivity index (χ0) is 18.1. The summed E-state index contributed by atoms with van der Waals surface area (Å²) in [5.41, 5.74) is 2.24. The van der Waals surface area contributed by atoms with Crippen molar-refractivity contribution in [1.82, 2.24) is 14.8 Å². The molecule has 1 aromatic carbocycles. The summed E-state index contributed by atoms with van der Waals surface area (Å²) >= 11 is 1.64. The largest absolute Gasteiger partial charge is 0.457 e. The Labute approximate surface area is 155 Å². The van der Waals surface area contributed by atoms with E-state index >= 15 is 0 Å². The van der Waals surface area contributed by atoms with Gasteiger partial charge in [0.25, 0.3) is 0 Å². The van der Waals surface area contributed by atoms with Crippen LogP contribution in [0.4, 0.5) is 5.95 Å². The van der Waals surface area contributed by atoms with Gasteiger partial charge in [-0.3, -0.25) is 0 Å². The van der Waals surface area contributed by atoms with Crippen LogP contribution in [-0.2, 0) is 16.1 Å². The quantitative estimate of drug-likeness (QED) is 0.714. The van der Waals surface area contributed by atoms with Crippen molar-refractivity contribution in [1.29, 1.82) is 0 Å². The van der Waals surface area contributed by atoms with Gasteiger partial charge in [0.2, 0.25) is 5.95 Å². The highest BCUT2D eigenvalue weighted by Crippen LogP contribution is 2.38. The predicted molar refractivity (Wildman–Crippen MR) is 99.8 cm³/mol. The third-order valence-corrected chi connectivity index (χ3v) is 5.31. The molecule has 0 aliphatic carbocycles. The van der Waals surface area contributed by atoms with Crippen LogP contribution < -0.4 is 5.32 Å². The van der Waals surface area contributed by atoms with Crippen molar-refractivity contribution in [3.8, 4) is 0 Å². The highest BCUT2D eigenvalue weighted by molar-refractivity contribution is 7.12. The van der Waals surface area contributed by atoms with Crippen molar-refractivity contribution in [2.24, 2.45) is 0 Å². The monoisotopic (exact) mass is 366 g/mol. The van der Waals surface area contributed by atoms with Crippen molar-refractivity contribution < 1.29 is 9.53 Å². The molecular formula is C19H18N4O2S. The maximum atomic E-state index is 12.9. The van der Waals surface area contributed by atoms with Gasteiger partial charge in [0.05, 0.1) is 5.57 Å². The molecule has 2 aromatic heterocycles. The molecule has 0 amide bonds. The number of hydrogen-bond acceptors (Lipinski definition) is 6. The second-order valence-corrected chi connectivity index (χ2v) is 7.42. The van der Waals surface area contributed by atoms with Gasteiger partial charge in [-0.2, -0.15) is 10.1 Å². The average molecular weight is 366 g/mol. The average Bonchev–Trinajstić information content (AvgIpc) is 3.28. The number of hydrogen-bond donors (Lipinski definition) is 1. The van der Waals surface area contributed by atoms with Gasteiger partial charge in [-0.25, -0.2) is 9.48 Å². The highest BCUT2D eigenvalue weighted by atomic mass is 32.1. The van der Waals surface area contributed by atoms with E-state index in [-0.39, 0.29) is 18.6 Å². The number of esters is 1. The lowest BCUT2D eigenvalue weighted by Crippen LogP contribution is -2.29. The standard InChI is InChI=1S/C19H18N4O2S/c1-12-8-9-15(26-12)17-16(13(2)22-19-20-11-21-23(17)19)18(24)25-10-14-6-4-3-5-7-14/h3-9,11,17H,10H2,1-2H3,(H,20,21,22). The number of nitrogens with zero attached hydrogens (tertiary/aromatic N) is 3. The lowest BCUT2D eigenvalue weighted by Gasteiger charge is -2.27. The Bertz CT molecular complexity index is 974. The van der Waals surface area contributed by atoms with Gasteiger partial charge in [-0.05, 0) is 31.5 Å². The Morgan fingerprint density at radius 1 is 1.23 bits per heavy atom. The van der Waals surface area contributed by atoms with Crippen molar-refractivity contribution in [3.63, 3.8) is 0 Å². The third-order valence-electron chi connectivity index (χ3n) is 4.26. The van der Waals surface area contributed by atoms with E-state index in [1.165, 1.54) is 11.2 Å². The molecule has 0 radical (unpaired) electrons. The van der Waals surface area contributed by atoms with Crippen LogP contribution in [0.3, 0.4) is 0 Å². The van der Waals surface area contributed by atoms with E-state index in [1.54, 1.807) is 16.0 Å². The number of benzene rings is 1. The zero-order valence-corrected chi connectivity index (χ0v) is 15.3. The smallest absolute Gasteiger partial charge is 0.338 e. The molecule has 26 heavy (non-hydrogen) atoms. The molecule has 1 N–H and O–H groups in total. The molecule has 3 aromatic rings. The van der Waals surface area contributed by atoms with Gasteiger partial charge in [0.15, 0.2) is 0 Å².